The molecule has 0 saturated heterocycles. The maximum Gasteiger partial charge on any atom is 0.142 e. The van der Waals surface area contributed by atoms with Gasteiger partial charge in [0.05, 0.1) is 12.2 Å². The van der Waals surface area contributed by atoms with E-state index in [9.17, 15) is 0 Å². The Balaban J connectivity index is 1.78. The van der Waals surface area contributed by atoms with Crippen LogP contribution in [0.3, 0.4) is 0 Å². The maximum absolute atomic E-state index is 4.57. The summed E-state index contributed by atoms with van der Waals surface area (Å²) in [5, 5.41) is 3.43. The van der Waals surface area contributed by atoms with E-state index in [1.807, 2.05) is 30.5 Å². The van der Waals surface area contributed by atoms with Crippen molar-refractivity contribution < 1.29 is 0 Å². The molecule has 0 bridgehead atoms. The van der Waals surface area contributed by atoms with Crippen LogP contribution < -0.4 is 5.32 Å². The molecule has 1 saturated carbocycles. The van der Waals surface area contributed by atoms with Gasteiger partial charge in [-0.3, -0.25) is 0 Å². The number of aromatic nitrogens is 2. The van der Waals surface area contributed by atoms with Crippen molar-refractivity contribution in [3.63, 3.8) is 0 Å². The Morgan fingerprint density at radius 3 is 2.71 bits per heavy atom. The predicted octanol–water partition coefficient (Wildman–Crippen LogP) is 2.40. The van der Waals surface area contributed by atoms with Gasteiger partial charge >= 0.3 is 0 Å². The van der Waals surface area contributed by atoms with E-state index in [2.05, 4.69) is 27.4 Å². The number of nitrogens with zero attached hydrogens (tertiary/aromatic N) is 2. The van der Waals surface area contributed by atoms with Crippen molar-refractivity contribution in [2.24, 2.45) is 0 Å². The van der Waals surface area contributed by atoms with Crippen LogP contribution in [0, 0.1) is 0 Å². The van der Waals surface area contributed by atoms with Gasteiger partial charge in [0, 0.05) is 17.8 Å². The van der Waals surface area contributed by atoms with Crippen molar-refractivity contribution in [2.75, 3.05) is 0 Å². The first-order valence-corrected chi connectivity index (χ1v) is 6.02. The summed E-state index contributed by atoms with van der Waals surface area (Å²) in [6, 6.07) is 12.9. The van der Waals surface area contributed by atoms with Crippen molar-refractivity contribution in [3.05, 3.63) is 48.4 Å². The summed E-state index contributed by atoms with van der Waals surface area (Å²) in [6.45, 7) is 0.769. The molecule has 0 aliphatic heterocycles. The first-order valence-electron chi connectivity index (χ1n) is 6.02. The van der Waals surface area contributed by atoms with Crippen LogP contribution >= 0.6 is 0 Å². The molecule has 1 aromatic carbocycles. The number of benzene rings is 1. The van der Waals surface area contributed by atoms with Crippen LogP contribution in [0.15, 0.2) is 42.6 Å². The Labute approximate surface area is 101 Å². The highest BCUT2D eigenvalue weighted by atomic mass is 15.0. The first kappa shape index (κ1) is 10.4. The molecule has 3 rings (SSSR count). The lowest BCUT2D eigenvalue weighted by molar-refractivity contribution is 0.658. The molecule has 3 heteroatoms. The van der Waals surface area contributed by atoms with Gasteiger partial charge in [-0.25, -0.2) is 9.97 Å². The summed E-state index contributed by atoms with van der Waals surface area (Å²) in [7, 11) is 0. The standard InChI is InChI=1S/C14H15N3/c1-2-4-11(5-3-1)13-8-9-15-14(17-13)10-16-12-6-7-12/h1-5,8-9,12,16H,6-7,10H2. The lowest BCUT2D eigenvalue weighted by Gasteiger charge is -2.04. The molecule has 86 valence electrons. The van der Waals surface area contributed by atoms with Gasteiger partial charge < -0.3 is 5.32 Å². The fourth-order valence-electron chi connectivity index (χ4n) is 1.78. The zero-order valence-corrected chi connectivity index (χ0v) is 9.63. The number of nitrogens with one attached hydrogen (secondary N) is 1. The minimum Gasteiger partial charge on any atom is -0.307 e. The summed E-state index contributed by atoms with van der Waals surface area (Å²) < 4.78 is 0. The van der Waals surface area contributed by atoms with Gasteiger partial charge in [-0.15, -0.1) is 0 Å². The highest BCUT2D eigenvalue weighted by molar-refractivity contribution is 5.58. The van der Waals surface area contributed by atoms with E-state index in [1.54, 1.807) is 0 Å². The Bertz CT molecular complexity index is 492. The quantitative estimate of drug-likeness (QED) is 0.868. The lowest BCUT2D eigenvalue weighted by Crippen LogP contribution is -2.17. The maximum atomic E-state index is 4.57. The molecule has 1 aliphatic carbocycles. The van der Waals surface area contributed by atoms with E-state index >= 15 is 0 Å². The molecule has 0 radical (unpaired) electrons. The molecule has 1 N–H and O–H groups in total. The molecule has 1 aromatic heterocycles. The SMILES string of the molecule is c1ccc(-c2ccnc(CNC3CC3)n2)cc1. The fourth-order valence-corrected chi connectivity index (χ4v) is 1.78. The second kappa shape index (κ2) is 4.63. The Hall–Kier alpha value is -1.74. The van der Waals surface area contributed by atoms with Crippen molar-refractivity contribution in [1.82, 2.24) is 15.3 Å². The summed E-state index contributed by atoms with van der Waals surface area (Å²) in [4.78, 5) is 8.86. The molecule has 17 heavy (non-hydrogen) atoms. The zero-order valence-electron chi connectivity index (χ0n) is 9.63. The molecule has 1 heterocycles. The average molecular weight is 225 g/mol. The van der Waals surface area contributed by atoms with Gasteiger partial charge in [0.1, 0.15) is 5.82 Å². The van der Waals surface area contributed by atoms with Crippen LogP contribution in [0.25, 0.3) is 11.3 Å². The predicted molar refractivity (Wildman–Crippen MR) is 67.3 cm³/mol. The molecular weight excluding hydrogens is 210 g/mol. The van der Waals surface area contributed by atoms with Gasteiger partial charge in [0.15, 0.2) is 0 Å². The second-order valence-corrected chi connectivity index (χ2v) is 4.38. The Morgan fingerprint density at radius 2 is 1.94 bits per heavy atom. The second-order valence-electron chi connectivity index (χ2n) is 4.38. The molecule has 0 amide bonds. The minimum absolute atomic E-state index is 0.694. The Morgan fingerprint density at radius 1 is 1.12 bits per heavy atom. The average Bonchev–Trinajstić information content (AvgIpc) is 3.22. The van der Waals surface area contributed by atoms with Crippen LogP contribution in [0.4, 0.5) is 0 Å². The summed E-state index contributed by atoms with van der Waals surface area (Å²) >= 11 is 0. The molecular formula is C14H15N3. The van der Waals surface area contributed by atoms with Gasteiger partial charge in [-0.1, -0.05) is 30.3 Å². The molecule has 0 unspecified atom stereocenters. The highest BCUT2D eigenvalue weighted by Gasteiger charge is 2.20. The van der Waals surface area contributed by atoms with E-state index in [1.165, 1.54) is 12.8 Å². The van der Waals surface area contributed by atoms with Gasteiger partial charge in [0.2, 0.25) is 0 Å². The van der Waals surface area contributed by atoms with E-state index in [4.69, 9.17) is 0 Å². The van der Waals surface area contributed by atoms with Crippen molar-refractivity contribution in [2.45, 2.75) is 25.4 Å². The normalized spacial score (nSPS) is 14.8. The number of rotatable bonds is 4. The van der Waals surface area contributed by atoms with Crippen LogP contribution in [-0.4, -0.2) is 16.0 Å². The molecule has 0 spiro atoms. The fraction of sp³-hybridized carbons (Fsp3) is 0.286. The third-order valence-corrected chi connectivity index (χ3v) is 2.90. The van der Waals surface area contributed by atoms with Gasteiger partial charge in [0.25, 0.3) is 0 Å². The van der Waals surface area contributed by atoms with Crippen molar-refractivity contribution >= 4 is 0 Å². The van der Waals surface area contributed by atoms with Crippen molar-refractivity contribution in [1.29, 1.82) is 0 Å². The summed E-state index contributed by atoms with van der Waals surface area (Å²) in [5.74, 6) is 0.873. The summed E-state index contributed by atoms with van der Waals surface area (Å²) in [5.41, 5.74) is 2.13. The molecule has 2 aromatic rings. The van der Waals surface area contributed by atoms with E-state index < -0.39 is 0 Å². The molecule has 0 atom stereocenters. The molecule has 3 nitrogen and oxygen atoms in total. The largest absolute Gasteiger partial charge is 0.307 e. The van der Waals surface area contributed by atoms with E-state index in [0.717, 1.165) is 23.6 Å². The van der Waals surface area contributed by atoms with E-state index in [0.29, 0.717) is 6.04 Å². The third kappa shape index (κ3) is 2.68. The third-order valence-electron chi connectivity index (χ3n) is 2.90. The minimum atomic E-state index is 0.694. The number of hydrogen-bond donors (Lipinski definition) is 1. The van der Waals surface area contributed by atoms with Gasteiger partial charge in [-0.05, 0) is 18.9 Å². The topological polar surface area (TPSA) is 37.8 Å². The van der Waals surface area contributed by atoms with Crippen LogP contribution in [0.5, 0.6) is 0 Å². The van der Waals surface area contributed by atoms with Crippen LogP contribution in [-0.2, 0) is 6.54 Å². The smallest absolute Gasteiger partial charge is 0.142 e. The molecule has 1 aliphatic rings. The van der Waals surface area contributed by atoms with Crippen molar-refractivity contribution in [3.8, 4) is 11.3 Å². The monoisotopic (exact) mass is 225 g/mol. The summed E-state index contributed by atoms with van der Waals surface area (Å²) in [6.07, 6.45) is 4.41. The zero-order chi connectivity index (χ0) is 11.5. The van der Waals surface area contributed by atoms with Crippen LogP contribution in [0.1, 0.15) is 18.7 Å². The highest BCUT2D eigenvalue weighted by Crippen LogP contribution is 2.19. The Kier molecular flexibility index (Phi) is 2.84. The lowest BCUT2D eigenvalue weighted by atomic mass is 10.1. The van der Waals surface area contributed by atoms with E-state index in [-0.39, 0.29) is 0 Å². The number of hydrogen-bond acceptors (Lipinski definition) is 3. The van der Waals surface area contributed by atoms with Gasteiger partial charge in [-0.2, -0.15) is 0 Å². The first-order chi connectivity index (χ1) is 8.42. The van der Waals surface area contributed by atoms with Crippen LogP contribution in [0.2, 0.25) is 0 Å². The molecule has 1 fully saturated rings.